The summed E-state index contributed by atoms with van der Waals surface area (Å²) < 4.78 is 4.69. The van der Waals surface area contributed by atoms with Crippen LogP contribution in [0.5, 0.6) is 0 Å². The van der Waals surface area contributed by atoms with Crippen molar-refractivity contribution in [3.05, 3.63) is 53.9 Å². The van der Waals surface area contributed by atoms with Crippen molar-refractivity contribution in [2.24, 2.45) is 0 Å². The first-order valence-corrected chi connectivity index (χ1v) is 7.39. The van der Waals surface area contributed by atoms with Gasteiger partial charge in [-0.15, -0.1) is 0 Å². The van der Waals surface area contributed by atoms with E-state index >= 15 is 0 Å². The number of nitrogens with zero attached hydrogens (tertiary/aromatic N) is 2. The molecule has 0 radical (unpaired) electrons. The van der Waals surface area contributed by atoms with Gasteiger partial charge in [-0.2, -0.15) is 0 Å². The molecule has 3 rings (SSSR count). The Labute approximate surface area is 129 Å². The molecular weight excluding hydrogens is 278 g/mol. The second kappa shape index (κ2) is 6.47. The minimum atomic E-state index is -0.358. The van der Waals surface area contributed by atoms with E-state index in [-0.39, 0.29) is 5.97 Å². The molecule has 2 heterocycles. The summed E-state index contributed by atoms with van der Waals surface area (Å²) in [5.74, 6) is -0.358. The number of pyridine rings is 1. The number of esters is 1. The van der Waals surface area contributed by atoms with Gasteiger partial charge < -0.3 is 15.0 Å². The average Bonchev–Trinajstić information content (AvgIpc) is 2.77. The monoisotopic (exact) mass is 297 g/mol. The molecule has 0 saturated heterocycles. The number of methoxy groups -OCH3 is 1. The molecule has 114 valence electrons. The fourth-order valence-corrected chi connectivity index (χ4v) is 2.63. The zero-order valence-electron chi connectivity index (χ0n) is 12.6. The first-order chi connectivity index (χ1) is 10.8. The molecule has 1 aromatic heterocycles. The molecule has 2 aromatic rings. The van der Waals surface area contributed by atoms with E-state index in [2.05, 4.69) is 27.3 Å². The van der Waals surface area contributed by atoms with Crippen LogP contribution >= 0.6 is 0 Å². The van der Waals surface area contributed by atoms with Crippen molar-refractivity contribution in [1.29, 1.82) is 0 Å². The number of ether oxygens (including phenoxy) is 1. The van der Waals surface area contributed by atoms with Crippen LogP contribution in [0.4, 0.5) is 11.4 Å². The van der Waals surface area contributed by atoms with Crippen LogP contribution < -0.4 is 10.2 Å². The maximum atomic E-state index is 11.4. The molecule has 1 aliphatic heterocycles. The standard InChI is InChI=1S/C17H19N3O2/c1-22-17(21)13-7-8-14(19-11-13)12-20-10-4-9-18-15-5-2-3-6-16(15)20/h2-3,5-8,11,18H,4,9-10,12H2,1H3. The summed E-state index contributed by atoms with van der Waals surface area (Å²) >= 11 is 0. The molecule has 0 aliphatic carbocycles. The zero-order valence-corrected chi connectivity index (χ0v) is 12.6. The number of hydrogen-bond donors (Lipinski definition) is 1. The third-order valence-corrected chi connectivity index (χ3v) is 3.76. The first kappa shape index (κ1) is 14.4. The Hall–Kier alpha value is -2.56. The second-order valence-electron chi connectivity index (χ2n) is 5.25. The van der Waals surface area contributed by atoms with Gasteiger partial charge in [-0.05, 0) is 30.7 Å². The smallest absolute Gasteiger partial charge is 0.339 e. The van der Waals surface area contributed by atoms with Gasteiger partial charge in [0, 0.05) is 19.3 Å². The molecule has 1 aromatic carbocycles. The van der Waals surface area contributed by atoms with Crippen molar-refractivity contribution in [3.63, 3.8) is 0 Å². The van der Waals surface area contributed by atoms with Crippen LogP contribution in [-0.2, 0) is 11.3 Å². The van der Waals surface area contributed by atoms with Gasteiger partial charge >= 0.3 is 5.97 Å². The van der Waals surface area contributed by atoms with Crippen LogP contribution in [0.2, 0.25) is 0 Å². The Bertz CT molecular complexity index is 655. The van der Waals surface area contributed by atoms with E-state index in [1.165, 1.54) is 12.8 Å². The summed E-state index contributed by atoms with van der Waals surface area (Å²) in [6.45, 7) is 2.67. The fraction of sp³-hybridized carbons (Fsp3) is 0.294. The minimum Gasteiger partial charge on any atom is -0.465 e. The van der Waals surface area contributed by atoms with Gasteiger partial charge in [-0.3, -0.25) is 4.98 Å². The average molecular weight is 297 g/mol. The van der Waals surface area contributed by atoms with Crippen molar-refractivity contribution in [2.45, 2.75) is 13.0 Å². The number of para-hydroxylation sites is 2. The molecule has 0 atom stereocenters. The van der Waals surface area contributed by atoms with Crippen molar-refractivity contribution >= 4 is 17.3 Å². The maximum Gasteiger partial charge on any atom is 0.339 e. The van der Waals surface area contributed by atoms with Crippen LogP contribution in [0.15, 0.2) is 42.6 Å². The lowest BCUT2D eigenvalue weighted by Gasteiger charge is -2.24. The summed E-state index contributed by atoms with van der Waals surface area (Å²) in [5, 5.41) is 3.45. The van der Waals surface area contributed by atoms with Gasteiger partial charge in [0.05, 0.1) is 36.3 Å². The van der Waals surface area contributed by atoms with Crippen LogP contribution in [0, 0.1) is 0 Å². The summed E-state index contributed by atoms with van der Waals surface area (Å²) in [6, 6.07) is 12.0. The van der Waals surface area contributed by atoms with Gasteiger partial charge in [0.25, 0.3) is 0 Å². The SMILES string of the molecule is COC(=O)c1ccc(CN2CCCNc3ccccc32)nc1. The summed E-state index contributed by atoms with van der Waals surface area (Å²) in [4.78, 5) is 18.1. The van der Waals surface area contributed by atoms with E-state index in [0.717, 1.165) is 37.4 Å². The number of fused-ring (bicyclic) bond motifs is 1. The van der Waals surface area contributed by atoms with Gasteiger partial charge in [-0.1, -0.05) is 12.1 Å². The van der Waals surface area contributed by atoms with E-state index in [1.807, 2.05) is 18.2 Å². The highest BCUT2D eigenvalue weighted by molar-refractivity contribution is 5.88. The zero-order chi connectivity index (χ0) is 15.4. The molecule has 0 saturated carbocycles. The summed E-state index contributed by atoms with van der Waals surface area (Å²) in [5.41, 5.74) is 3.76. The Morgan fingerprint density at radius 2 is 2.18 bits per heavy atom. The largest absolute Gasteiger partial charge is 0.465 e. The van der Waals surface area contributed by atoms with Crippen molar-refractivity contribution < 1.29 is 9.53 Å². The molecule has 0 bridgehead atoms. The summed E-state index contributed by atoms with van der Waals surface area (Å²) in [7, 11) is 1.37. The second-order valence-corrected chi connectivity index (χ2v) is 5.25. The third kappa shape index (κ3) is 3.03. The lowest BCUT2D eigenvalue weighted by atomic mass is 10.2. The van der Waals surface area contributed by atoms with E-state index in [4.69, 9.17) is 4.74 Å². The van der Waals surface area contributed by atoms with E-state index in [1.54, 1.807) is 12.3 Å². The number of benzene rings is 1. The molecule has 0 amide bonds. The lowest BCUT2D eigenvalue weighted by Crippen LogP contribution is -2.23. The topological polar surface area (TPSA) is 54.5 Å². The molecule has 0 fully saturated rings. The Kier molecular flexibility index (Phi) is 4.23. The van der Waals surface area contributed by atoms with Crippen LogP contribution in [-0.4, -0.2) is 31.2 Å². The number of anilines is 2. The molecule has 22 heavy (non-hydrogen) atoms. The lowest BCUT2D eigenvalue weighted by molar-refractivity contribution is 0.0600. The Morgan fingerprint density at radius 1 is 1.32 bits per heavy atom. The minimum absolute atomic E-state index is 0.358. The van der Waals surface area contributed by atoms with Gasteiger partial charge in [0.1, 0.15) is 0 Å². The Morgan fingerprint density at radius 3 is 2.95 bits per heavy atom. The predicted octanol–water partition coefficient (Wildman–Crippen LogP) is 2.69. The van der Waals surface area contributed by atoms with Gasteiger partial charge in [-0.25, -0.2) is 4.79 Å². The highest BCUT2D eigenvalue weighted by atomic mass is 16.5. The predicted molar refractivity (Wildman–Crippen MR) is 86.2 cm³/mol. The van der Waals surface area contributed by atoms with Crippen molar-refractivity contribution in [1.82, 2.24) is 4.98 Å². The number of nitrogens with one attached hydrogen (secondary N) is 1. The van der Waals surface area contributed by atoms with E-state index in [0.29, 0.717) is 5.56 Å². The summed E-state index contributed by atoms with van der Waals surface area (Å²) in [6.07, 6.45) is 2.65. The highest BCUT2D eigenvalue weighted by Gasteiger charge is 2.15. The van der Waals surface area contributed by atoms with Gasteiger partial charge in [0.2, 0.25) is 0 Å². The molecule has 1 aliphatic rings. The quantitative estimate of drug-likeness (QED) is 0.883. The van der Waals surface area contributed by atoms with E-state index < -0.39 is 0 Å². The Balaban J connectivity index is 1.79. The van der Waals surface area contributed by atoms with Crippen molar-refractivity contribution in [3.8, 4) is 0 Å². The maximum absolute atomic E-state index is 11.4. The molecule has 5 nitrogen and oxygen atoms in total. The number of rotatable bonds is 3. The number of carbonyl (C=O) groups is 1. The van der Waals surface area contributed by atoms with Crippen LogP contribution in [0.3, 0.4) is 0 Å². The molecule has 5 heteroatoms. The first-order valence-electron chi connectivity index (χ1n) is 7.39. The normalized spacial score (nSPS) is 13.8. The molecular formula is C17H19N3O2. The number of hydrogen-bond acceptors (Lipinski definition) is 5. The van der Waals surface area contributed by atoms with Crippen molar-refractivity contribution in [2.75, 3.05) is 30.4 Å². The van der Waals surface area contributed by atoms with Crippen LogP contribution in [0.25, 0.3) is 0 Å². The molecule has 0 unspecified atom stereocenters. The van der Waals surface area contributed by atoms with Gasteiger partial charge in [0.15, 0.2) is 0 Å². The molecule has 1 N–H and O–H groups in total. The molecule has 0 spiro atoms. The number of aromatic nitrogens is 1. The fourth-order valence-electron chi connectivity index (χ4n) is 2.63. The number of carbonyl (C=O) groups excluding carboxylic acids is 1. The van der Waals surface area contributed by atoms with Crippen LogP contribution in [0.1, 0.15) is 22.5 Å². The third-order valence-electron chi connectivity index (χ3n) is 3.76. The highest BCUT2D eigenvalue weighted by Crippen LogP contribution is 2.28. The van der Waals surface area contributed by atoms with E-state index in [9.17, 15) is 4.79 Å².